The van der Waals surface area contributed by atoms with E-state index in [-0.39, 0.29) is 5.91 Å². The van der Waals surface area contributed by atoms with Crippen LogP contribution in [0.25, 0.3) is 0 Å². The van der Waals surface area contributed by atoms with Gasteiger partial charge in [0, 0.05) is 31.6 Å². The second-order valence-electron chi connectivity index (χ2n) is 5.56. The van der Waals surface area contributed by atoms with Gasteiger partial charge in [0.05, 0.1) is 0 Å². The SMILES string of the molecule is Cc1ccc(CCC(=O)N2CCNC(C)C2C)cc1. The molecule has 0 bridgehead atoms. The molecular weight excluding hydrogens is 236 g/mol. The van der Waals surface area contributed by atoms with Gasteiger partial charge in [0.25, 0.3) is 0 Å². The van der Waals surface area contributed by atoms with E-state index in [9.17, 15) is 4.79 Å². The number of rotatable bonds is 3. The number of carbonyl (C=O) groups is 1. The van der Waals surface area contributed by atoms with E-state index in [4.69, 9.17) is 0 Å². The predicted molar refractivity (Wildman–Crippen MR) is 78.1 cm³/mol. The molecule has 1 heterocycles. The molecule has 0 spiro atoms. The van der Waals surface area contributed by atoms with Gasteiger partial charge in [0.15, 0.2) is 0 Å². The second-order valence-corrected chi connectivity index (χ2v) is 5.56. The summed E-state index contributed by atoms with van der Waals surface area (Å²) in [6, 6.07) is 9.13. The first-order chi connectivity index (χ1) is 9.08. The maximum atomic E-state index is 12.3. The number of aryl methyl sites for hydroxylation is 2. The van der Waals surface area contributed by atoms with Gasteiger partial charge in [0.2, 0.25) is 5.91 Å². The molecule has 0 saturated carbocycles. The fourth-order valence-corrected chi connectivity index (χ4v) is 2.56. The lowest BCUT2D eigenvalue weighted by atomic mass is 10.0. The quantitative estimate of drug-likeness (QED) is 0.903. The lowest BCUT2D eigenvalue weighted by molar-refractivity contribution is -0.134. The van der Waals surface area contributed by atoms with E-state index >= 15 is 0 Å². The van der Waals surface area contributed by atoms with E-state index in [0.717, 1.165) is 19.5 Å². The average molecular weight is 260 g/mol. The van der Waals surface area contributed by atoms with Crippen molar-refractivity contribution in [1.82, 2.24) is 10.2 Å². The molecule has 2 unspecified atom stereocenters. The summed E-state index contributed by atoms with van der Waals surface area (Å²) in [5, 5.41) is 3.40. The van der Waals surface area contributed by atoms with Crippen LogP contribution in [-0.4, -0.2) is 36.0 Å². The lowest BCUT2D eigenvalue weighted by Crippen LogP contribution is -2.57. The van der Waals surface area contributed by atoms with Crippen molar-refractivity contribution in [3.05, 3.63) is 35.4 Å². The maximum absolute atomic E-state index is 12.3. The van der Waals surface area contributed by atoms with E-state index in [0.29, 0.717) is 18.5 Å². The molecule has 1 aromatic rings. The molecule has 1 aromatic carbocycles. The minimum Gasteiger partial charge on any atom is -0.337 e. The van der Waals surface area contributed by atoms with Gasteiger partial charge < -0.3 is 10.2 Å². The molecule has 0 radical (unpaired) electrons. The molecule has 1 N–H and O–H groups in total. The maximum Gasteiger partial charge on any atom is 0.223 e. The first-order valence-electron chi connectivity index (χ1n) is 7.16. The Kier molecular flexibility index (Phi) is 4.59. The van der Waals surface area contributed by atoms with Gasteiger partial charge in [-0.25, -0.2) is 0 Å². The summed E-state index contributed by atoms with van der Waals surface area (Å²) in [7, 11) is 0. The Labute approximate surface area is 116 Å². The molecule has 3 heteroatoms. The van der Waals surface area contributed by atoms with Crippen molar-refractivity contribution in [2.24, 2.45) is 0 Å². The zero-order chi connectivity index (χ0) is 13.8. The molecule has 1 aliphatic rings. The summed E-state index contributed by atoms with van der Waals surface area (Å²) in [4.78, 5) is 14.3. The van der Waals surface area contributed by atoms with Gasteiger partial charge in [-0.2, -0.15) is 0 Å². The van der Waals surface area contributed by atoms with Crippen LogP contribution in [0, 0.1) is 6.92 Å². The predicted octanol–water partition coefficient (Wildman–Crippen LogP) is 2.14. The van der Waals surface area contributed by atoms with Crippen LogP contribution in [0.3, 0.4) is 0 Å². The van der Waals surface area contributed by atoms with Gasteiger partial charge in [-0.05, 0) is 32.8 Å². The minimum absolute atomic E-state index is 0.279. The summed E-state index contributed by atoms with van der Waals surface area (Å²) in [5.41, 5.74) is 2.51. The van der Waals surface area contributed by atoms with Crippen LogP contribution in [-0.2, 0) is 11.2 Å². The van der Waals surface area contributed by atoms with E-state index in [2.05, 4.69) is 50.4 Å². The number of nitrogens with zero attached hydrogens (tertiary/aromatic N) is 1. The van der Waals surface area contributed by atoms with Crippen molar-refractivity contribution in [3.63, 3.8) is 0 Å². The van der Waals surface area contributed by atoms with Crippen LogP contribution in [0.1, 0.15) is 31.4 Å². The van der Waals surface area contributed by atoms with Crippen LogP contribution >= 0.6 is 0 Å². The van der Waals surface area contributed by atoms with Crippen molar-refractivity contribution < 1.29 is 4.79 Å². The normalized spacial score (nSPS) is 23.4. The largest absolute Gasteiger partial charge is 0.337 e. The van der Waals surface area contributed by atoms with Crippen LogP contribution in [0.4, 0.5) is 0 Å². The number of nitrogens with one attached hydrogen (secondary N) is 1. The van der Waals surface area contributed by atoms with Crippen LogP contribution < -0.4 is 5.32 Å². The van der Waals surface area contributed by atoms with Crippen molar-refractivity contribution in [2.45, 2.75) is 45.7 Å². The Hall–Kier alpha value is -1.35. The van der Waals surface area contributed by atoms with Crippen LogP contribution in [0.2, 0.25) is 0 Å². The second kappa shape index (κ2) is 6.20. The summed E-state index contributed by atoms with van der Waals surface area (Å²) in [6.45, 7) is 8.09. The Morgan fingerprint density at radius 2 is 2.00 bits per heavy atom. The third-order valence-electron chi connectivity index (χ3n) is 4.10. The smallest absolute Gasteiger partial charge is 0.223 e. The Balaban J connectivity index is 1.88. The van der Waals surface area contributed by atoms with Gasteiger partial charge in [0.1, 0.15) is 0 Å². The molecule has 0 aliphatic carbocycles. The highest BCUT2D eigenvalue weighted by Crippen LogP contribution is 2.12. The Bertz CT molecular complexity index is 427. The van der Waals surface area contributed by atoms with E-state index < -0.39 is 0 Å². The van der Waals surface area contributed by atoms with E-state index in [1.807, 2.05) is 4.90 Å². The fourth-order valence-electron chi connectivity index (χ4n) is 2.56. The zero-order valence-corrected chi connectivity index (χ0v) is 12.1. The minimum atomic E-state index is 0.279. The fraction of sp³-hybridized carbons (Fsp3) is 0.562. The molecule has 1 fully saturated rings. The highest BCUT2D eigenvalue weighted by atomic mass is 16.2. The third-order valence-corrected chi connectivity index (χ3v) is 4.10. The highest BCUT2D eigenvalue weighted by molar-refractivity contribution is 5.77. The number of benzene rings is 1. The van der Waals surface area contributed by atoms with Gasteiger partial charge in [-0.15, -0.1) is 0 Å². The molecule has 2 atom stereocenters. The molecule has 0 aromatic heterocycles. The number of hydrogen-bond acceptors (Lipinski definition) is 2. The first kappa shape index (κ1) is 14.1. The van der Waals surface area contributed by atoms with Crippen molar-refractivity contribution in [1.29, 1.82) is 0 Å². The number of hydrogen-bond donors (Lipinski definition) is 1. The van der Waals surface area contributed by atoms with Crippen LogP contribution in [0.15, 0.2) is 24.3 Å². The first-order valence-corrected chi connectivity index (χ1v) is 7.16. The number of piperazine rings is 1. The summed E-state index contributed by atoms with van der Waals surface area (Å²) >= 11 is 0. The molecular formula is C16H24N2O. The van der Waals surface area contributed by atoms with Gasteiger partial charge >= 0.3 is 0 Å². The molecule has 19 heavy (non-hydrogen) atoms. The summed E-state index contributed by atoms with van der Waals surface area (Å²) in [6.07, 6.45) is 1.45. The highest BCUT2D eigenvalue weighted by Gasteiger charge is 2.27. The number of carbonyl (C=O) groups excluding carboxylic acids is 1. The van der Waals surface area contributed by atoms with Crippen LogP contribution in [0.5, 0.6) is 0 Å². The standard InChI is InChI=1S/C16H24N2O/c1-12-4-6-15(7-5-12)8-9-16(19)18-11-10-17-13(2)14(18)3/h4-7,13-14,17H,8-11H2,1-3H3. The van der Waals surface area contributed by atoms with Crippen molar-refractivity contribution in [3.8, 4) is 0 Å². The lowest BCUT2D eigenvalue weighted by Gasteiger charge is -2.38. The molecule has 1 amide bonds. The average Bonchev–Trinajstić information content (AvgIpc) is 2.41. The Morgan fingerprint density at radius 1 is 1.32 bits per heavy atom. The summed E-state index contributed by atoms with van der Waals surface area (Å²) in [5.74, 6) is 0.279. The molecule has 104 valence electrons. The van der Waals surface area contributed by atoms with E-state index in [1.54, 1.807) is 0 Å². The molecule has 1 aliphatic heterocycles. The molecule has 3 nitrogen and oxygen atoms in total. The topological polar surface area (TPSA) is 32.3 Å². The monoisotopic (exact) mass is 260 g/mol. The molecule has 2 rings (SSSR count). The third kappa shape index (κ3) is 3.57. The number of amides is 1. The summed E-state index contributed by atoms with van der Waals surface area (Å²) < 4.78 is 0. The Morgan fingerprint density at radius 3 is 2.68 bits per heavy atom. The molecule has 1 saturated heterocycles. The van der Waals surface area contributed by atoms with Gasteiger partial charge in [-0.3, -0.25) is 4.79 Å². The van der Waals surface area contributed by atoms with Crippen molar-refractivity contribution >= 4 is 5.91 Å². The van der Waals surface area contributed by atoms with Gasteiger partial charge in [-0.1, -0.05) is 29.8 Å². The van der Waals surface area contributed by atoms with E-state index in [1.165, 1.54) is 11.1 Å². The zero-order valence-electron chi connectivity index (χ0n) is 12.1. The van der Waals surface area contributed by atoms with Crippen molar-refractivity contribution in [2.75, 3.05) is 13.1 Å².